The molecule has 0 aliphatic rings. The van der Waals surface area contributed by atoms with E-state index in [4.69, 9.17) is 5.73 Å². The van der Waals surface area contributed by atoms with Gasteiger partial charge in [-0.25, -0.2) is 0 Å². The molecule has 0 aromatic heterocycles. The second-order valence-corrected chi connectivity index (χ2v) is 7.26. The molecule has 0 aliphatic carbocycles. The van der Waals surface area contributed by atoms with E-state index in [1.807, 2.05) is 42.5 Å². The van der Waals surface area contributed by atoms with Crippen molar-refractivity contribution in [1.82, 2.24) is 5.43 Å². The van der Waals surface area contributed by atoms with Crippen LogP contribution in [0.25, 0.3) is 10.8 Å². The van der Waals surface area contributed by atoms with E-state index < -0.39 is 18.1 Å². The van der Waals surface area contributed by atoms with Crippen LogP contribution in [0, 0.1) is 5.92 Å². The van der Waals surface area contributed by atoms with E-state index in [2.05, 4.69) is 24.7 Å². The minimum absolute atomic E-state index is 0.527. The van der Waals surface area contributed by atoms with Crippen LogP contribution < -0.4 is 16.6 Å². The third kappa shape index (κ3) is 5.12. The highest BCUT2D eigenvalue weighted by atomic mass is 32.2. The van der Waals surface area contributed by atoms with Crippen molar-refractivity contribution in [3.8, 4) is 0 Å². The van der Waals surface area contributed by atoms with Crippen LogP contribution in [0.3, 0.4) is 0 Å². The summed E-state index contributed by atoms with van der Waals surface area (Å²) in [5, 5.41) is 12.1. The predicted molar refractivity (Wildman–Crippen MR) is 102 cm³/mol. The molecule has 2 aromatic carbocycles. The number of aliphatic hydroxyl groups excluding tert-OH is 1. The van der Waals surface area contributed by atoms with Crippen molar-refractivity contribution >= 4 is 34.1 Å². The number of rotatable bonds is 8. The predicted octanol–water partition coefficient (Wildman–Crippen LogP) is 2.36. The number of nitrogens with two attached hydrogens (primary N) is 1. The second kappa shape index (κ2) is 8.92. The summed E-state index contributed by atoms with van der Waals surface area (Å²) in [5.74, 6) is 1.53. The Hall–Kier alpha value is -1.76. The maximum atomic E-state index is 12.1. The number of thioether (sulfide) groups is 1. The number of hydrogen-bond donors (Lipinski definition) is 4. The third-order valence-corrected chi connectivity index (χ3v) is 5.07. The molecule has 2 aromatic rings. The summed E-state index contributed by atoms with van der Waals surface area (Å²) in [4.78, 5) is 12.1. The maximum Gasteiger partial charge on any atom is 0.268 e. The number of aliphatic hydroxyl groups is 1. The second-order valence-electron chi connectivity index (χ2n) is 6.18. The molecule has 0 unspecified atom stereocenters. The number of hydrazine groups is 1. The SMILES string of the molecule is CC(C)CSC[C@@H](N)[C@H](O)C(=O)NNc1cccc2ccccc12. The molecule has 0 bridgehead atoms. The molecule has 2 atom stereocenters. The fraction of sp³-hybridized carbons (Fsp3) is 0.389. The van der Waals surface area contributed by atoms with Gasteiger partial charge in [0.15, 0.2) is 0 Å². The highest BCUT2D eigenvalue weighted by Crippen LogP contribution is 2.22. The zero-order chi connectivity index (χ0) is 17.5. The Bertz CT molecular complexity index is 673. The Labute approximate surface area is 147 Å². The van der Waals surface area contributed by atoms with E-state index >= 15 is 0 Å². The first-order valence-electron chi connectivity index (χ1n) is 8.04. The Balaban J connectivity index is 1.89. The summed E-state index contributed by atoms with van der Waals surface area (Å²) in [6.45, 7) is 4.24. The van der Waals surface area contributed by atoms with Crippen LogP contribution in [0.2, 0.25) is 0 Å². The Morgan fingerprint density at radius 1 is 1.17 bits per heavy atom. The van der Waals surface area contributed by atoms with Gasteiger partial charge < -0.3 is 10.8 Å². The smallest absolute Gasteiger partial charge is 0.268 e. The molecule has 0 fully saturated rings. The molecule has 0 aliphatic heterocycles. The molecule has 24 heavy (non-hydrogen) atoms. The number of fused-ring (bicyclic) bond motifs is 1. The van der Waals surface area contributed by atoms with Crippen molar-refractivity contribution in [1.29, 1.82) is 0 Å². The number of carbonyl (C=O) groups is 1. The van der Waals surface area contributed by atoms with Gasteiger partial charge in [-0.05, 0) is 23.1 Å². The monoisotopic (exact) mass is 347 g/mol. The average molecular weight is 347 g/mol. The molecule has 1 amide bonds. The minimum Gasteiger partial charge on any atom is -0.382 e. The van der Waals surface area contributed by atoms with Crippen LogP contribution in [0.4, 0.5) is 5.69 Å². The van der Waals surface area contributed by atoms with Crippen molar-refractivity contribution in [2.24, 2.45) is 11.7 Å². The van der Waals surface area contributed by atoms with Crippen molar-refractivity contribution in [3.63, 3.8) is 0 Å². The first-order valence-corrected chi connectivity index (χ1v) is 9.19. The van der Waals surface area contributed by atoms with Gasteiger partial charge in [0.05, 0.1) is 5.69 Å². The van der Waals surface area contributed by atoms with Gasteiger partial charge in [0.2, 0.25) is 0 Å². The summed E-state index contributed by atoms with van der Waals surface area (Å²) in [6.07, 6.45) is -1.24. The van der Waals surface area contributed by atoms with Gasteiger partial charge in [-0.1, -0.05) is 50.2 Å². The zero-order valence-electron chi connectivity index (χ0n) is 14.0. The molecule has 0 spiro atoms. The number of benzene rings is 2. The first-order chi connectivity index (χ1) is 11.5. The number of carbonyl (C=O) groups excluding carboxylic acids is 1. The molecule has 5 N–H and O–H groups in total. The molecule has 6 heteroatoms. The third-order valence-electron chi connectivity index (χ3n) is 3.55. The molecular formula is C18H25N3O2S. The fourth-order valence-corrected chi connectivity index (χ4v) is 3.32. The van der Waals surface area contributed by atoms with E-state index in [0.29, 0.717) is 11.7 Å². The number of amides is 1. The van der Waals surface area contributed by atoms with Gasteiger partial charge in [0, 0.05) is 17.2 Å². The van der Waals surface area contributed by atoms with Crippen LogP contribution in [0.5, 0.6) is 0 Å². The Morgan fingerprint density at radius 2 is 1.88 bits per heavy atom. The fourth-order valence-electron chi connectivity index (χ4n) is 2.26. The number of nitrogens with one attached hydrogen (secondary N) is 2. The summed E-state index contributed by atoms with van der Waals surface area (Å²) in [6, 6.07) is 13.0. The van der Waals surface area contributed by atoms with Gasteiger partial charge in [-0.15, -0.1) is 0 Å². The van der Waals surface area contributed by atoms with Crippen molar-refractivity contribution in [2.45, 2.75) is 26.0 Å². The molecule has 0 saturated heterocycles. The normalized spacial score (nSPS) is 13.7. The zero-order valence-corrected chi connectivity index (χ0v) is 14.8. The summed E-state index contributed by atoms with van der Waals surface area (Å²) in [5.41, 5.74) is 12.1. The maximum absolute atomic E-state index is 12.1. The summed E-state index contributed by atoms with van der Waals surface area (Å²) in [7, 11) is 0. The van der Waals surface area contributed by atoms with E-state index in [-0.39, 0.29) is 0 Å². The lowest BCUT2D eigenvalue weighted by Crippen LogP contribution is -2.49. The van der Waals surface area contributed by atoms with Gasteiger partial charge in [-0.2, -0.15) is 11.8 Å². The lowest BCUT2D eigenvalue weighted by Gasteiger charge is -2.19. The Kier molecular flexibility index (Phi) is 6.90. The van der Waals surface area contributed by atoms with Crippen molar-refractivity contribution in [3.05, 3.63) is 42.5 Å². The van der Waals surface area contributed by atoms with Gasteiger partial charge >= 0.3 is 0 Å². The van der Waals surface area contributed by atoms with Crippen molar-refractivity contribution < 1.29 is 9.90 Å². The van der Waals surface area contributed by atoms with Gasteiger partial charge in [0.25, 0.3) is 5.91 Å². The lowest BCUT2D eigenvalue weighted by molar-refractivity contribution is -0.129. The van der Waals surface area contributed by atoms with Crippen molar-refractivity contribution in [2.75, 3.05) is 16.9 Å². The van der Waals surface area contributed by atoms with E-state index in [0.717, 1.165) is 22.2 Å². The van der Waals surface area contributed by atoms with E-state index in [9.17, 15) is 9.90 Å². The molecule has 0 radical (unpaired) electrons. The molecule has 2 rings (SSSR count). The van der Waals surface area contributed by atoms with Crippen LogP contribution in [0.1, 0.15) is 13.8 Å². The molecule has 0 heterocycles. The van der Waals surface area contributed by atoms with Gasteiger partial charge in [0.1, 0.15) is 6.10 Å². The molecule has 130 valence electrons. The first kappa shape index (κ1) is 18.6. The molecule has 0 saturated carbocycles. The van der Waals surface area contributed by atoms with Crippen LogP contribution in [-0.2, 0) is 4.79 Å². The van der Waals surface area contributed by atoms with E-state index in [1.54, 1.807) is 11.8 Å². The molecular weight excluding hydrogens is 322 g/mol. The van der Waals surface area contributed by atoms with Crippen LogP contribution in [-0.4, -0.2) is 34.7 Å². The average Bonchev–Trinajstić information content (AvgIpc) is 2.58. The number of hydrogen-bond acceptors (Lipinski definition) is 5. The topological polar surface area (TPSA) is 87.4 Å². The summed E-state index contributed by atoms with van der Waals surface area (Å²) >= 11 is 1.65. The lowest BCUT2D eigenvalue weighted by atomic mass is 10.1. The Morgan fingerprint density at radius 3 is 2.62 bits per heavy atom. The van der Waals surface area contributed by atoms with Gasteiger partial charge in [-0.3, -0.25) is 15.6 Å². The quantitative estimate of drug-likeness (QED) is 0.551. The van der Waals surface area contributed by atoms with Crippen LogP contribution in [0.15, 0.2) is 42.5 Å². The van der Waals surface area contributed by atoms with Crippen LogP contribution >= 0.6 is 11.8 Å². The molecule has 5 nitrogen and oxygen atoms in total. The standard InChI is InChI=1S/C18H25N3O2S/c1-12(2)10-24-11-15(19)17(22)18(23)21-20-16-9-5-7-13-6-3-4-8-14(13)16/h3-9,12,15,17,20,22H,10-11,19H2,1-2H3,(H,21,23)/t15-,17+/m1/s1. The minimum atomic E-state index is -1.24. The highest BCUT2D eigenvalue weighted by Gasteiger charge is 2.23. The van der Waals surface area contributed by atoms with E-state index in [1.165, 1.54) is 0 Å². The largest absolute Gasteiger partial charge is 0.382 e. The number of anilines is 1. The summed E-state index contributed by atoms with van der Waals surface area (Å²) < 4.78 is 0. The highest BCUT2D eigenvalue weighted by molar-refractivity contribution is 7.99.